The van der Waals surface area contributed by atoms with Crippen LogP contribution in [-0.4, -0.2) is 5.91 Å². The van der Waals surface area contributed by atoms with Gasteiger partial charge in [-0.1, -0.05) is 15.9 Å². The number of anilines is 1. The molecule has 1 N–H and O–H groups in total. The first-order valence-corrected chi connectivity index (χ1v) is 4.22. The summed E-state index contributed by atoms with van der Waals surface area (Å²) in [4.78, 5) is 10.8. The molecule has 1 aromatic rings. The lowest BCUT2D eigenvalue weighted by Gasteiger charge is -1.97. The van der Waals surface area contributed by atoms with Crippen LogP contribution in [0.15, 0.2) is 22.7 Å². The second kappa shape index (κ2) is 2.55. The lowest BCUT2D eigenvalue weighted by molar-refractivity contribution is -0.120. The summed E-state index contributed by atoms with van der Waals surface area (Å²) in [5.41, 5.74) is 0.977. The lowest BCUT2D eigenvalue weighted by Crippen LogP contribution is -2.07. The second-order valence-electron chi connectivity index (χ2n) is 2.58. The SMILES string of the molecule is O=C1Nc2ccc(Br)cc2C1F. The van der Waals surface area contributed by atoms with E-state index in [2.05, 4.69) is 21.2 Å². The third-order valence-electron chi connectivity index (χ3n) is 1.77. The lowest BCUT2D eigenvalue weighted by atomic mass is 10.1. The molecule has 0 spiro atoms. The number of hydrogen-bond donors (Lipinski definition) is 1. The number of benzene rings is 1. The Morgan fingerprint density at radius 3 is 3.00 bits per heavy atom. The van der Waals surface area contributed by atoms with Gasteiger partial charge in [0.2, 0.25) is 6.17 Å². The maximum Gasteiger partial charge on any atom is 0.263 e. The highest BCUT2D eigenvalue weighted by Crippen LogP contribution is 2.34. The molecular weight excluding hydrogens is 225 g/mol. The fraction of sp³-hybridized carbons (Fsp3) is 0.125. The van der Waals surface area contributed by atoms with E-state index in [0.29, 0.717) is 11.3 Å². The Labute approximate surface area is 76.9 Å². The van der Waals surface area contributed by atoms with Gasteiger partial charge in [0.25, 0.3) is 5.91 Å². The summed E-state index contributed by atoms with van der Waals surface area (Å²) in [7, 11) is 0. The van der Waals surface area contributed by atoms with Crippen molar-refractivity contribution in [1.29, 1.82) is 0 Å². The van der Waals surface area contributed by atoms with Crippen molar-refractivity contribution in [2.75, 3.05) is 5.32 Å². The van der Waals surface area contributed by atoms with Gasteiger partial charge in [-0.25, -0.2) is 4.39 Å². The van der Waals surface area contributed by atoms with Crippen molar-refractivity contribution >= 4 is 27.5 Å². The van der Waals surface area contributed by atoms with E-state index in [-0.39, 0.29) is 0 Å². The summed E-state index contributed by atoms with van der Waals surface area (Å²) in [6.07, 6.45) is -1.52. The number of halogens is 2. The summed E-state index contributed by atoms with van der Waals surface area (Å²) in [5, 5.41) is 2.44. The number of alkyl halides is 1. The van der Waals surface area contributed by atoms with Crippen molar-refractivity contribution in [3.8, 4) is 0 Å². The minimum absolute atomic E-state index is 0.411. The Bertz CT molecular complexity index is 353. The maximum atomic E-state index is 13.1. The van der Waals surface area contributed by atoms with E-state index in [1.807, 2.05) is 0 Å². The van der Waals surface area contributed by atoms with E-state index in [1.165, 1.54) is 0 Å². The number of fused-ring (bicyclic) bond motifs is 1. The molecule has 0 fully saturated rings. The normalized spacial score (nSPS) is 20.5. The van der Waals surface area contributed by atoms with Crippen LogP contribution in [0.3, 0.4) is 0 Å². The summed E-state index contributed by atoms with van der Waals surface area (Å²) in [5.74, 6) is -0.580. The van der Waals surface area contributed by atoms with Gasteiger partial charge in [-0.3, -0.25) is 4.79 Å². The van der Waals surface area contributed by atoms with Gasteiger partial charge in [-0.05, 0) is 18.2 Å². The topological polar surface area (TPSA) is 29.1 Å². The molecule has 4 heteroatoms. The van der Waals surface area contributed by atoms with Gasteiger partial charge in [0.15, 0.2) is 0 Å². The minimum Gasteiger partial charge on any atom is -0.323 e. The van der Waals surface area contributed by atoms with E-state index in [0.717, 1.165) is 4.47 Å². The highest BCUT2D eigenvalue weighted by atomic mass is 79.9. The van der Waals surface area contributed by atoms with E-state index in [9.17, 15) is 9.18 Å². The number of amides is 1. The molecule has 1 amide bonds. The third-order valence-corrected chi connectivity index (χ3v) is 2.27. The molecule has 1 unspecified atom stereocenters. The van der Waals surface area contributed by atoms with Crippen molar-refractivity contribution in [2.45, 2.75) is 6.17 Å². The number of carbonyl (C=O) groups excluding carboxylic acids is 1. The average Bonchev–Trinajstić information content (AvgIpc) is 2.31. The molecule has 0 saturated carbocycles. The van der Waals surface area contributed by atoms with Crippen LogP contribution in [0.2, 0.25) is 0 Å². The minimum atomic E-state index is -1.52. The first-order valence-electron chi connectivity index (χ1n) is 3.43. The zero-order valence-corrected chi connectivity index (χ0v) is 7.56. The Morgan fingerprint density at radius 1 is 1.50 bits per heavy atom. The van der Waals surface area contributed by atoms with Crippen LogP contribution < -0.4 is 5.32 Å². The van der Waals surface area contributed by atoms with Gasteiger partial charge >= 0.3 is 0 Å². The standard InChI is InChI=1S/C8H5BrFNO/c9-4-1-2-6-5(3-4)7(10)8(12)11-6/h1-3,7H,(H,11,12). The Hall–Kier alpha value is -0.900. The molecule has 1 aliphatic rings. The summed E-state index contributed by atoms with van der Waals surface area (Å²) in [6.45, 7) is 0. The Morgan fingerprint density at radius 2 is 2.25 bits per heavy atom. The number of hydrogen-bond acceptors (Lipinski definition) is 1. The smallest absolute Gasteiger partial charge is 0.263 e. The fourth-order valence-electron chi connectivity index (χ4n) is 1.19. The highest BCUT2D eigenvalue weighted by Gasteiger charge is 2.29. The number of rotatable bonds is 0. The van der Waals surface area contributed by atoms with Crippen LogP contribution in [0.25, 0.3) is 0 Å². The van der Waals surface area contributed by atoms with Gasteiger partial charge in [0.05, 0.1) is 0 Å². The fourth-order valence-corrected chi connectivity index (χ4v) is 1.57. The molecule has 2 rings (SSSR count). The predicted octanol–water partition coefficient (Wildman–Crippen LogP) is 2.41. The third kappa shape index (κ3) is 1.03. The largest absolute Gasteiger partial charge is 0.323 e. The van der Waals surface area contributed by atoms with Crippen LogP contribution in [0, 0.1) is 0 Å². The van der Waals surface area contributed by atoms with Gasteiger partial charge in [0, 0.05) is 15.7 Å². The molecule has 1 aromatic carbocycles. The Balaban J connectivity index is 2.55. The molecule has 0 bridgehead atoms. The molecular formula is C8H5BrFNO. The van der Waals surface area contributed by atoms with E-state index in [4.69, 9.17) is 0 Å². The molecule has 0 saturated heterocycles. The maximum absolute atomic E-state index is 13.1. The van der Waals surface area contributed by atoms with Gasteiger partial charge < -0.3 is 5.32 Å². The summed E-state index contributed by atoms with van der Waals surface area (Å²) >= 11 is 3.21. The van der Waals surface area contributed by atoms with Gasteiger partial charge in [-0.2, -0.15) is 0 Å². The van der Waals surface area contributed by atoms with Crippen molar-refractivity contribution in [2.24, 2.45) is 0 Å². The monoisotopic (exact) mass is 229 g/mol. The van der Waals surface area contributed by atoms with Crippen molar-refractivity contribution < 1.29 is 9.18 Å². The molecule has 0 aromatic heterocycles. The molecule has 0 aliphatic carbocycles. The molecule has 1 aliphatic heterocycles. The van der Waals surface area contributed by atoms with Gasteiger partial charge in [-0.15, -0.1) is 0 Å². The van der Waals surface area contributed by atoms with Crippen LogP contribution in [0.5, 0.6) is 0 Å². The first kappa shape index (κ1) is 7.73. The average molecular weight is 230 g/mol. The van der Waals surface area contributed by atoms with Crippen molar-refractivity contribution in [1.82, 2.24) is 0 Å². The molecule has 12 heavy (non-hydrogen) atoms. The molecule has 2 nitrogen and oxygen atoms in total. The van der Waals surface area contributed by atoms with E-state index in [1.54, 1.807) is 18.2 Å². The zero-order chi connectivity index (χ0) is 8.72. The molecule has 0 radical (unpaired) electrons. The van der Waals surface area contributed by atoms with E-state index >= 15 is 0 Å². The van der Waals surface area contributed by atoms with Crippen molar-refractivity contribution in [3.63, 3.8) is 0 Å². The highest BCUT2D eigenvalue weighted by molar-refractivity contribution is 9.10. The molecule has 62 valence electrons. The number of carbonyl (C=O) groups is 1. The first-order chi connectivity index (χ1) is 5.68. The summed E-state index contributed by atoms with van der Waals surface area (Å²) in [6, 6.07) is 5.05. The van der Waals surface area contributed by atoms with Crippen LogP contribution in [0.4, 0.5) is 10.1 Å². The zero-order valence-electron chi connectivity index (χ0n) is 5.97. The second-order valence-corrected chi connectivity index (χ2v) is 3.50. The van der Waals surface area contributed by atoms with Crippen LogP contribution >= 0.6 is 15.9 Å². The van der Waals surface area contributed by atoms with Gasteiger partial charge in [0.1, 0.15) is 0 Å². The molecule has 1 heterocycles. The summed E-state index contributed by atoms with van der Waals surface area (Å²) < 4.78 is 13.8. The van der Waals surface area contributed by atoms with E-state index < -0.39 is 12.1 Å². The predicted molar refractivity (Wildman–Crippen MR) is 46.6 cm³/mol. The number of nitrogens with one attached hydrogen (secondary N) is 1. The van der Waals surface area contributed by atoms with Crippen LogP contribution in [-0.2, 0) is 4.79 Å². The molecule has 1 atom stereocenters. The quantitative estimate of drug-likeness (QED) is 0.728. The Kier molecular flexibility index (Phi) is 1.65. The van der Waals surface area contributed by atoms with Crippen LogP contribution in [0.1, 0.15) is 11.7 Å². The van der Waals surface area contributed by atoms with Crippen molar-refractivity contribution in [3.05, 3.63) is 28.2 Å².